The van der Waals surface area contributed by atoms with E-state index in [2.05, 4.69) is 23.6 Å². The van der Waals surface area contributed by atoms with Gasteiger partial charge in [-0.2, -0.15) is 11.8 Å². The van der Waals surface area contributed by atoms with E-state index in [1.165, 1.54) is 38.0 Å². The minimum atomic E-state index is 0.554. The predicted molar refractivity (Wildman–Crippen MR) is 46.0 cm³/mol. The molecular weight excluding hydrogens is 142 g/mol. The fourth-order valence-corrected chi connectivity index (χ4v) is 3.26. The molecule has 1 atom stereocenters. The molecule has 2 saturated heterocycles. The van der Waals surface area contributed by atoms with Crippen molar-refractivity contribution in [2.75, 3.05) is 12.3 Å². The first-order valence-corrected chi connectivity index (χ1v) is 5.12. The van der Waals surface area contributed by atoms with E-state index in [0.29, 0.717) is 4.75 Å². The van der Waals surface area contributed by atoms with Crippen LogP contribution < -0.4 is 5.32 Å². The highest BCUT2D eigenvalue weighted by Crippen LogP contribution is 2.42. The van der Waals surface area contributed by atoms with Crippen molar-refractivity contribution in [3.63, 3.8) is 0 Å². The van der Waals surface area contributed by atoms with Gasteiger partial charge in [-0.1, -0.05) is 6.42 Å². The van der Waals surface area contributed by atoms with Crippen molar-refractivity contribution in [2.45, 2.75) is 30.4 Å². The molecule has 0 aromatic heterocycles. The molecule has 0 bridgehead atoms. The van der Waals surface area contributed by atoms with Gasteiger partial charge in [0.1, 0.15) is 0 Å². The van der Waals surface area contributed by atoms with Crippen molar-refractivity contribution >= 4 is 11.8 Å². The second-order valence-corrected chi connectivity index (χ2v) is 4.73. The van der Waals surface area contributed by atoms with Gasteiger partial charge in [0.15, 0.2) is 0 Å². The molecule has 0 amide bonds. The number of rotatable bonds is 0. The molecule has 2 heteroatoms. The molecule has 0 aromatic rings. The van der Waals surface area contributed by atoms with Gasteiger partial charge in [0.05, 0.1) is 0 Å². The first-order chi connectivity index (χ1) is 4.91. The number of hydrogen-bond donors (Lipinski definition) is 1. The van der Waals surface area contributed by atoms with E-state index in [1.54, 1.807) is 0 Å². The van der Waals surface area contributed by atoms with E-state index in [0.717, 1.165) is 0 Å². The van der Waals surface area contributed by atoms with Crippen LogP contribution in [0, 0.1) is 6.54 Å². The second-order valence-electron chi connectivity index (χ2n) is 3.22. The fraction of sp³-hybridized carbons (Fsp3) is 0.875. The van der Waals surface area contributed by atoms with Gasteiger partial charge in [-0.05, 0) is 31.6 Å². The molecule has 1 N–H and O–H groups in total. The van der Waals surface area contributed by atoms with Crippen LogP contribution >= 0.6 is 11.8 Å². The van der Waals surface area contributed by atoms with E-state index < -0.39 is 0 Å². The Kier molecular flexibility index (Phi) is 1.92. The highest BCUT2D eigenvalue weighted by Gasteiger charge is 2.35. The lowest BCUT2D eigenvalue weighted by Gasteiger charge is -2.31. The third-order valence-electron chi connectivity index (χ3n) is 2.44. The van der Waals surface area contributed by atoms with Crippen molar-refractivity contribution < 1.29 is 0 Å². The summed E-state index contributed by atoms with van der Waals surface area (Å²) in [6.07, 6.45) is 5.63. The van der Waals surface area contributed by atoms with Gasteiger partial charge in [-0.3, -0.25) is 0 Å². The van der Waals surface area contributed by atoms with Crippen molar-refractivity contribution in [2.24, 2.45) is 0 Å². The molecule has 2 aliphatic heterocycles. The van der Waals surface area contributed by atoms with Gasteiger partial charge in [0.25, 0.3) is 0 Å². The van der Waals surface area contributed by atoms with Crippen LogP contribution in [0.1, 0.15) is 25.7 Å². The molecule has 0 aliphatic carbocycles. The van der Waals surface area contributed by atoms with Crippen molar-refractivity contribution in [3.8, 4) is 0 Å². The zero-order valence-electron chi connectivity index (χ0n) is 6.23. The van der Waals surface area contributed by atoms with Crippen molar-refractivity contribution in [1.29, 1.82) is 0 Å². The Morgan fingerprint density at radius 1 is 1.30 bits per heavy atom. The average molecular weight is 156 g/mol. The standard InChI is InChI=1S/C8H14NS/c1-2-6-10-8(3-1)4-5-9-7-8/h7,9H,1-6H2. The van der Waals surface area contributed by atoms with Crippen molar-refractivity contribution in [1.82, 2.24) is 5.32 Å². The Balaban J connectivity index is 1.98. The van der Waals surface area contributed by atoms with E-state index in [1.807, 2.05) is 0 Å². The molecular formula is C8H14NS. The summed E-state index contributed by atoms with van der Waals surface area (Å²) in [6.45, 7) is 3.53. The number of thioether (sulfide) groups is 1. The smallest absolute Gasteiger partial charge is 0.0383 e. The minimum absolute atomic E-state index is 0.554. The van der Waals surface area contributed by atoms with Crippen LogP contribution in [0.15, 0.2) is 0 Å². The minimum Gasteiger partial charge on any atom is -0.311 e. The molecule has 0 aromatic carbocycles. The lowest BCUT2D eigenvalue weighted by molar-refractivity contribution is 0.567. The average Bonchev–Trinajstić information content (AvgIpc) is 2.39. The Bertz CT molecular complexity index is 110. The summed E-state index contributed by atoms with van der Waals surface area (Å²) in [4.78, 5) is 0. The van der Waals surface area contributed by atoms with Gasteiger partial charge < -0.3 is 5.32 Å². The number of hydrogen-bond acceptors (Lipinski definition) is 2. The molecule has 2 heterocycles. The Morgan fingerprint density at radius 2 is 2.30 bits per heavy atom. The van der Waals surface area contributed by atoms with Crippen LogP contribution in [-0.2, 0) is 0 Å². The lowest BCUT2D eigenvalue weighted by atomic mass is 10.00. The first kappa shape index (κ1) is 6.99. The normalized spacial score (nSPS) is 40.8. The summed E-state index contributed by atoms with van der Waals surface area (Å²) in [7, 11) is 0. The van der Waals surface area contributed by atoms with Crippen LogP contribution in [0.5, 0.6) is 0 Å². The van der Waals surface area contributed by atoms with Gasteiger partial charge in [0.2, 0.25) is 0 Å². The molecule has 0 saturated carbocycles. The zero-order chi connectivity index (χ0) is 6.86. The summed E-state index contributed by atoms with van der Waals surface area (Å²) in [6, 6.07) is 0. The van der Waals surface area contributed by atoms with Crippen molar-refractivity contribution in [3.05, 3.63) is 6.54 Å². The topological polar surface area (TPSA) is 12.0 Å². The predicted octanol–water partition coefficient (Wildman–Crippen LogP) is 1.80. The maximum absolute atomic E-state index is 3.34. The third-order valence-corrected chi connectivity index (χ3v) is 4.04. The largest absolute Gasteiger partial charge is 0.311 e. The molecule has 2 fully saturated rings. The molecule has 1 radical (unpaired) electrons. The summed E-state index contributed by atoms with van der Waals surface area (Å²) >= 11 is 2.16. The van der Waals surface area contributed by atoms with Crippen LogP contribution in [-0.4, -0.2) is 17.0 Å². The number of nitrogens with one attached hydrogen (secondary N) is 1. The summed E-state index contributed by atoms with van der Waals surface area (Å²) in [5, 5.41) is 3.34. The van der Waals surface area contributed by atoms with E-state index in [-0.39, 0.29) is 0 Å². The monoisotopic (exact) mass is 156 g/mol. The summed E-state index contributed by atoms with van der Waals surface area (Å²) in [5.41, 5.74) is 0. The maximum Gasteiger partial charge on any atom is 0.0383 e. The Hall–Kier alpha value is 0.310. The molecule has 57 valence electrons. The highest BCUT2D eigenvalue weighted by atomic mass is 32.2. The quantitative estimate of drug-likeness (QED) is 0.574. The van der Waals surface area contributed by atoms with Gasteiger partial charge in [0, 0.05) is 11.3 Å². The van der Waals surface area contributed by atoms with E-state index in [9.17, 15) is 0 Å². The van der Waals surface area contributed by atoms with Crippen LogP contribution in [0.4, 0.5) is 0 Å². The molecule has 1 nitrogen and oxygen atoms in total. The summed E-state index contributed by atoms with van der Waals surface area (Å²) in [5.74, 6) is 1.37. The molecule has 1 unspecified atom stereocenters. The van der Waals surface area contributed by atoms with E-state index >= 15 is 0 Å². The first-order valence-electron chi connectivity index (χ1n) is 4.13. The van der Waals surface area contributed by atoms with Gasteiger partial charge in [-0.25, -0.2) is 0 Å². The highest BCUT2D eigenvalue weighted by molar-refractivity contribution is 8.00. The fourth-order valence-electron chi connectivity index (χ4n) is 1.80. The molecule has 10 heavy (non-hydrogen) atoms. The SMILES string of the molecule is [CH]1NCCC12CCCCS2. The molecule has 2 aliphatic rings. The lowest BCUT2D eigenvalue weighted by Crippen LogP contribution is -2.26. The third kappa shape index (κ3) is 1.19. The van der Waals surface area contributed by atoms with Gasteiger partial charge in [-0.15, -0.1) is 0 Å². The van der Waals surface area contributed by atoms with Gasteiger partial charge >= 0.3 is 0 Å². The van der Waals surface area contributed by atoms with E-state index in [4.69, 9.17) is 0 Å². The van der Waals surface area contributed by atoms with Crippen LogP contribution in [0.3, 0.4) is 0 Å². The van der Waals surface area contributed by atoms with Crippen LogP contribution in [0.25, 0.3) is 0 Å². The Morgan fingerprint density at radius 3 is 2.90 bits per heavy atom. The Labute approximate surface area is 67.0 Å². The molecule has 1 spiro atoms. The zero-order valence-corrected chi connectivity index (χ0v) is 7.04. The van der Waals surface area contributed by atoms with Crippen LogP contribution in [0.2, 0.25) is 0 Å². The maximum atomic E-state index is 3.34. The second kappa shape index (κ2) is 2.74. The summed E-state index contributed by atoms with van der Waals surface area (Å²) < 4.78 is 0.554. The molecule has 2 rings (SSSR count).